The molecule has 4 aromatic rings. The van der Waals surface area contributed by atoms with Gasteiger partial charge in [0.1, 0.15) is 13.2 Å². The lowest BCUT2D eigenvalue weighted by atomic mass is 9.94. The van der Waals surface area contributed by atoms with Crippen molar-refractivity contribution in [1.82, 2.24) is 4.98 Å². The third-order valence-corrected chi connectivity index (χ3v) is 6.07. The van der Waals surface area contributed by atoms with Gasteiger partial charge in [-0.3, -0.25) is 0 Å². The molecule has 8 heteroatoms. The van der Waals surface area contributed by atoms with Crippen molar-refractivity contribution in [1.29, 1.82) is 0 Å². The van der Waals surface area contributed by atoms with Gasteiger partial charge in [-0.15, -0.1) is 0 Å². The van der Waals surface area contributed by atoms with Crippen LogP contribution in [0.1, 0.15) is 21.6 Å². The summed E-state index contributed by atoms with van der Waals surface area (Å²) in [5, 5.41) is 1.38. The quantitative estimate of drug-likeness (QED) is 0.351. The Kier molecular flexibility index (Phi) is 4.92. The zero-order valence-electron chi connectivity index (χ0n) is 18.1. The van der Waals surface area contributed by atoms with Crippen molar-refractivity contribution in [2.24, 2.45) is 0 Å². The highest BCUT2D eigenvalue weighted by molar-refractivity contribution is 6.30. The molecule has 0 atom stereocenters. The highest BCUT2D eigenvalue weighted by atomic mass is 35.5. The molecule has 3 aromatic carbocycles. The van der Waals surface area contributed by atoms with Crippen molar-refractivity contribution in [3.8, 4) is 34.1 Å². The number of hydrogen-bond donors (Lipinski definition) is 0. The number of benzene rings is 3. The predicted molar refractivity (Wildman–Crippen MR) is 125 cm³/mol. The van der Waals surface area contributed by atoms with E-state index in [1.807, 2.05) is 54.6 Å². The van der Waals surface area contributed by atoms with Crippen LogP contribution in [0.15, 0.2) is 54.6 Å². The van der Waals surface area contributed by atoms with E-state index in [-0.39, 0.29) is 13.4 Å². The van der Waals surface area contributed by atoms with Gasteiger partial charge in [0.25, 0.3) is 0 Å². The van der Waals surface area contributed by atoms with E-state index in [1.54, 1.807) is 7.11 Å². The normalized spacial score (nSPS) is 13.6. The van der Waals surface area contributed by atoms with Crippen LogP contribution < -0.4 is 18.9 Å². The van der Waals surface area contributed by atoms with Gasteiger partial charge in [0.15, 0.2) is 23.0 Å². The summed E-state index contributed by atoms with van der Waals surface area (Å²) in [7, 11) is 1.57. The van der Waals surface area contributed by atoms with E-state index >= 15 is 0 Å². The molecule has 0 aliphatic carbocycles. The number of rotatable bonds is 5. The number of fused-ring (bicyclic) bond motifs is 3. The molecule has 0 amide bonds. The molecule has 34 heavy (non-hydrogen) atoms. The van der Waals surface area contributed by atoms with Crippen LogP contribution in [0.5, 0.6) is 23.0 Å². The Hall–Kier alpha value is -3.97. The minimum absolute atomic E-state index is 0.117. The molecule has 0 saturated carbocycles. The fraction of sp³-hybridized carbons (Fsp3) is 0.154. The predicted octanol–water partition coefficient (Wildman–Crippen LogP) is 5.54. The molecule has 3 heterocycles. The number of halogens is 1. The summed E-state index contributed by atoms with van der Waals surface area (Å²) in [6.45, 7) is 0.591. The molecular weight excluding hydrogens is 458 g/mol. The number of carbonyl (C=O) groups excluding carboxylic acids is 1. The van der Waals surface area contributed by atoms with Gasteiger partial charge in [0.05, 0.1) is 23.9 Å². The van der Waals surface area contributed by atoms with E-state index in [4.69, 9.17) is 40.3 Å². The molecule has 0 bridgehead atoms. The van der Waals surface area contributed by atoms with Crippen LogP contribution in [0.3, 0.4) is 0 Å². The summed E-state index contributed by atoms with van der Waals surface area (Å²) >= 11 is 6.09. The maximum atomic E-state index is 12.7. The summed E-state index contributed by atoms with van der Waals surface area (Å²) in [5.74, 6) is 1.93. The smallest absolute Gasteiger partial charge is 0.341 e. The van der Waals surface area contributed by atoms with Crippen molar-refractivity contribution < 1.29 is 28.5 Å². The van der Waals surface area contributed by atoms with Gasteiger partial charge < -0.3 is 23.7 Å². The molecule has 0 radical (unpaired) electrons. The second-order valence-corrected chi connectivity index (χ2v) is 8.33. The molecule has 2 aliphatic heterocycles. The molecule has 0 unspecified atom stereocenters. The molecule has 0 saturated heterocycles. The van der Waals surface area contributed by atoms with Crippen molar-refractivity contribution in [3.63, 3.8) is 0 Å². The van der Waals surface area contributed by atoms with Crippen molar-refractivity contribution >= 4 is 28.5 Å². The van der Waals surface area contributed by atoms with E-state index in [2.05, 4.69) is 0 Å². The number of esters is 1. The lowest BCUT2D eigenvalue weighted by Crippen LogP contribution is -2.02. The van der Waals surface area contributed by atoms with Gasteiger partial charge in [0.2, 0.25) is 6.79 Å². The largest absolute Gasteiger partial charge is 0.493 e. The third kappa shape index (κ3) is 3.45. The molecule has 7 nitrogen and oxygen atoms in total. The summed E-state index contributed by atoms with van der Waals surface area (Å²) in [6, 6.07) is 16.7. The van der Waals surface area contributed by atoms with Crippen LogP contribution in [0, 0.1) is 0 Å². The number of cyclic esters (lactones) is 1. The standard InChI is InChI=1S/C26H18ClNO6/c1-30-21-9-17-18(10-23(21)31-11-14-3-2-4-16(27)7-14)28-19-12-32-26(29)25(19)24(17)15-5-6-20-22(8-15)34-13-33-20/h2-10H,11-13H2,1H3. The number of pyridine rings is 1. The Balaban J connectivity index is 1.50. The van der Waals surface area contributed by atoms with Gasteiger partial charge in [-0.1, -0.05) is 29.8 Å². The van der Waals surface area contributed by atoms with E-state index in [1.165, 1.54) is 0 Å². The zero-order chi connectivity index (χ0) is 23.2. The van der Waals surface area contributed by atoms with Crippen LogP contribution in [-0.2, 0) is 18.0 Å². The molecule has 170 valence electrons. The maximum Gasteiger partial charge on any atom is 0.341 e. The van der Waals surface area contributed by atoms with Crippen LogP contribution >= 0.6 is 11.6 Å². The van der Waals surface area contributed by atoms with E-state index in [9.17, 15) is 4.79 Å². The van der Waals surface area contributed by atoms with E-state index in [0.29, 0.717) is 57.0 Å². The molecule has 0 spiro atoms. The summed E-state index contributed by atoms with van der Waals surface area (Å²) in [6.07, 6.45) is 0. The topological polar surface area (TPSA) is 76.1 Å². The number of carbonyl (C=O) groups is 1. The summed E-state index contributed by atoms with van der Waals surface area (Å²) in [5.41, 5.74) is 4.11. The van der Waals surface area contributed by atoms with Gasteiger partial charge in [0, 0.05) is 22.0 Å². The first-order chi connectivity index (χ1) is 16.6. The van der Waals surface area contributed by atoms with Crippen molar-refractivity contribution in [3.05, 3.63) is 76.4 Å². The number of hydrogen-bond acceptors (Lipinski definition) is 7. The van der Waals surface area contributed by atoms with Crippen LogP contribution in [0.25, 0.3) is 22.0 Å². The van der Waals surface area contributed by atoms with Crippen LogP contribution in [0.2, 0.25) is 5.02 Å². The average Bonchev–Trinajstić information content (AvgIpc) is 3.46. The fourth-order valence-electron chi connectivity index (χ4n) is 4.26. The summed E-state index contributed by atoms with van der Waals surface area (Å²) < 4.78 is 28.0. The highest BCUT2D eigenvalue weighted by Crippen LogP contribution is 2.44. The van der Waals surface area contributed by atoms with Gasteiger partial charge in [-0.2, -0.15) is 0 Å². The zero-order valence-corrected chi connectivity index (χ0v) is 18.8. The van der Waals surface area contributed by atoms with E-state index in [0.717, 1.165) is 16.5 Å². The molecule has 1 aromatic heterocycles. The lowest BCUT2D eigenvalue weighted by Gasteiger charge is -2.16. The Morgan fingerprint density at radius 2 is 1.85 bits per heavy atom. The fourth-order valence-corrected chi connectivity index (χ4v) is 4.48. The molecule has 0 N–H and O–H groups in total. The molecule has 0 fully saturated rings. The van der Waals surface area contributed by atoms with E-state index < -0.39 is 5.97 Å². The van der Waals surface area contributed by atoms with Crippen LogP contribution in [0.4, 0.5) is 0 Å². The van der Waals surface area contributed by atoms with Crippen molar-refractivity contribution in [2.45, 2.75) is 13.2 Å². The Bertz CT molecular complexity index is 1470. The molecule has 2 aliphatic rings. The minimum Gasteiger partial charge on any atom is -0.493 e. The molecule has 6 rings (SSSR count). The van der Waals surface area contributed by atoms with Gasteiger partial charge >= 0.3 is 5.97 Å². The number of nitrogens with zero attached hydrogens (tertiary/aromatic N) is 1. The lowest BCUT2D eigenvalue weighted by molar-refractivity contribution is 0.0534. The first kappa shape index (κ1) is 20.6. The maximum absolute atomic E-state index is 12.7. The van der Waals surface area contributed by atoms with Gasteiger partial charge in [-0.05, 0) is 41.5 Å². The monoisotopic (exact) mass is 475 g/mol. The first-order valence-corrected chi connectivity index (χ1v) is 11.0. The summed E-state index contributed by atoms with van der Waals surface area (Å²) in [4.78, 5) is 17.4. The van der Waals surface area contributed by atoms with Crippen molar-refractivity contribution in [2.75, 3.05) is 13.9 Å². The highest BCUT2D eigenvalue weighted by Gasteiger charge is 2.30. The average molecular weight is 476 g/mol. The third-order valence-electron chi connectivity index (χ3n) is 5.83. The minimum atomic E-state index is -0.405. The first-order valence-electron chi connectivity index (χ1n) is 10.6. The Morgan fingerprint density at radius 1 is 0.971 bits per heavy atom. The molecular formula is C26H18ClNO6. The number of ether oxygens (including phenoxy) is 5. The Morgan fingerprint density at radius 3 is 2.71 bits per heavy atom. The van der Waals surface area contributed by atoms with Crippen LogP contribution in [-0.4, -0.2) is 24.9 Å². The van der Waals surface area contributed by atoms with Gasteiger partial charge in [-0.25, -0.2) is 9.78 Å². The Labute approximate surface area is 199 Å². The number of methoxy groups -OCH3 is 1. The second-order valence-electron chi connectivity index (χ2n) is 7.89. The second kappa shape index (κ2) is 8.11. The SMILES string of the molecule is COc1cc2c(-c3ccc4c(c3)OCO4)c3c(nc2cc1OCc1cccc(Cl)c1)COC3=O. The number of aromatic nitrogens is 1.